The molecule has 2 amide bonds. The average Bonchev–Trinajstić information content (AvgIpc) is 2.54. The van der Waals surface area contributed by atoms with Gasteiger partial charge >= 0.3 is 0 Å². The van der Waals surface area contributed by atoms with Crippen LogP contribution in [0.2, 0.25) is 0 Å². The SMILES string of the molecule is CCCC(=O)NCC(=O)N1CCNCC1c1cccnc1. The van der Waals surface area contributed by atoms with Crippen molar-refractivity contribution in [3.63, 3.8) is 0 Å². The van der Waals surface area contributed by atoms with E-state index in [1.165, 1.54) is 0 Å². The molecular weight excluding hydrogens is 268 g/mol. The first kappa shape index (κ1) is 15.4. The van der Waals surface area contributed by atoms with Crippen molar-refractivity contribution < 1.29 is 9.59 Å². The topological polar surface area (TPSA) is 74.3 Å². The summed E-state index contributed by atoms with van der Waals surface area (Å²) in [5.74, 6) is -0.117. The maximum Gasteiger partial charge on any atom is 0.242 e. The van der Waals surface area contributed by atoms with Crippen LogP contribution in [0.3, 0.4) is 0 Å². The third-order valence-corrected chi connectivity index (χ3v) is 3.55. The van der Waals surface area contributed by atoms with Gasteiger partial charge in [0.2, 0.25) is 11.8 Å². The van der Waals surface area contributed by atoms with E-state index in [2.05, 4.69) is 15.6 Å². The highest BCUT2D eigenvalue weighted by atomic mass is 16.2. The minimum absolute atomic E-state index is 0.0250. The Balaban J connectivity index is 1.98. The number of aromatic nitrogens is 1. The van der Waals surface area contributed by atoms with Crippen molar-refractivity contribution >= 4 is 11.8 Å². The fraction of sp³-hybridized carbons (Fsp3) is 0.533. The Morgan fingerprint density at radius 3 is 3.10 bits per heavy atom. The van der Waals surface area contributed by atoms with Crippen molar-refractivity contribution in [3.8, 4) is 0 Å². The van der Waals surface area contributed by atoms with Crippen molar-refractivity contribution in [1.29, 1.82) is 0 Å². The van der Waals surface area contributed by atoms with Crippen molar-refractivity contribution in [2.75, 3.05) is 26.2 Å². The van der Waals surface area contributed by atoms with E-state index in [1.807, 2.05) is 24.0 Å². The Morgan fingerprint density at radius 1 is 1.52 bits per heavy atom. The van der Waals surface area contributed by atoms with Gasteiger partial charge in [-0.1, -0.05) is 13.0 Å². The molecule has 1 saturated heterocycles. The number of hydrogen-bond acceptors (Lipinski definition) is 4. The van der Waals surface area contributed by atoms with Crippen molar-refractivity contribution in [2.24, 2.45) is 0 Å². The third kappa shape index (κ3) is 4.26. The quantitative estimate of drug-likeness (QED) is 0.827. The Morgan fingerprint density at radius 2 is 2.38 bits per heavy atom. The van der Waals surface area contributed by atoms with Crippen molar-refractivity contribution in [3.05, 3.63) is 30.1 Å². The zero-order chi connectivity index (χ0) is 15.1. The molecule has 0 radical (unpaired) electrons. The Labute approximate surface area is 124 Å². The van der Waals surface area contributed by atoms with Crippen LogP contribution in [0.1, 0.15) is 31.4 Å². The van der Waals surface area contributed by atoms with Gasteiger partial charge in [-0.2, -0.15) is 0 Å². The van der Waals surface area contributed by atoms with Crippen LogP contribution in [-0.4, -0.2) is 47.9 Å². The molecule has 2 rings (SSSR count). The summed E-state index contributed by atoms with van der Waals surface area (Å²) < 4.78 is 0. The van der Waals surface area contributed by atoms with E-state index in [4.69, 9.17) is 0 Å². The number of carbonyl (C=O) groups is 2. The van der Waals surface area contributed by atoms with Gasteiger partial charge < -0.3 is 15.5 Å². The monoisotopic (exact) mass is 290 g/mol. The van der Waals surface area contributed by atoms with Crippen LogP contribution in [-0.2, 0) is 9.59 Å². The molecule has 114 valence electrons. The van der Waals surface area contributed by atoms with Gasteiger partial charge in [0.15, 0.2) is 0 Å². The summed E-state index contributed by atoms with van der Waals surface area (Å²) in [4.78, 5) is 29.8. The minimum Gasteiger partial charge on any atom is -0.347 e. The highest BCUT2D eigenvalue weighted by molar-refractivity contribution is 5.85. The lowest BCUT2D eigenvalue weighted by molar-refractivity contribution is -0.135. The fourth-order valence-electron chi connectivity index (χ4n) is 2.46. The number of amides is 2. The number of nitrogens with zero attached hydrogens (tertiary/aromatic N) is 2. The summed E-state index contributed by atoms with van der Waals surface area (Å²) in [7, 11) is 0. The molecule has 2 heterocycles. The van der Waals surface area contributed by atoms with Crippen molar-refractivity contribution in [2.45, 2.75) is 25.8 Å². The number of pyridine rings is 1. The molecule has 6 heteroatoms. The summed E-state index contributed by atoms with van der Waals surface area (Å²) in [6.07, 6.45) is 4.75. The molecule has 2 N–H and O–H groups in total. The highest BCUT2D eigenvalue weighted by Crippen LogP contribution is 2.21. The second-order valence-electron chi connectivity index (χ2n) is 5.12. The summed E-state index contributed by atoms with van der Waals surface area (Å²) in [5, 5.41) is 5.98. The molecule has 1 aliphatic heterocycles. The number of hydrogen-bond donors (Lipinski definition) is 2. The zero-order valence-corrected chi connectivity index (χ0v) is 12.3. The van der Waals surface area contributed by atoms with Crippen LogP contribution >= 0.6 is 0 Å². The number of carbonyl (C=O) groups excluding carboxylic acids is 2. The number of nitrogens with one attached hydrogen (secondary N) is 2. The van der Waals surface area contributed by atoms with Gasteiger partial charge in [-0.05, 0) is 18.1 Å². The third-order valence-electron chi connectivity index (χ3n) is 3.55. The van der Waals surface area contributed by atoms with Gasteiger partial charge in [0.25, 0.3) is 0 Å². The lowest BCUT2D eigenvalue weighted by Crippen LogP contribution is -2.51. The molecule has 0 bridgehead atoms. The molecule has 1 aromatic rings. The highest BCUT2D eigenvalue weighted by Gasteiger charge is 2.27. The van der Waals surface area contributed by atoms with Gasteiger partial charge in [-0.3, -0.25) is 14.6 Å². The van der Waals surface area contributed by atoms with E-state index in [9.17, 15) is 9.59 Å². The van der Waals surface area contributed by atoms with E-state index in [0.717, 1.165) is 18.5 Å². The molecule has 1 unspecified atom stereocenters. The standard InChI is InChI=1S/C15H22N4O2/c1-2-4-14(20)18-11-15(21)19-8-7-17-10-13(19)12-5-3-6-16-9-12/h3,5-6,9,13,17H,2,4,7-8,10-11H2,1H3,(H,18,20). The van der Waals surface area contributed by atoms with Crippen LogP contribution in [0.25, 0.3) is 0 Å². The summed E-state index contributed by atoms with van der Waals surface area (Å²) in [6, 6.07) is 3.82. The van der Waals surface area contributed by atoms with E-state index >= 15 is 0 Å². The second-order valence-corrected chi connectivity index (χ2v) is 5.12. The van der Waals surface area contributed by atoms with Gasteiger partial charge in [-0.15, -0.1) is 0 Å². The molecule has 6 nitrogen and oxygen atoms in total. The van der Waals surface area contributed by atoms with Crippen LogP contribution in [0, 0.1) is 0 Å². The smallest absolute Gasteiger partial charge is 0.242 e. The lowest BCUT2D eigenvalue weighted by Gasteiger charge is -2.36. The van der Waals surface area contributed by atoms with Crippen LogP contribution in [0.5, 0.6) is 0 Å². The summed E-state index contributed by atoms with van der Waals surface area (Å²) in [5.41, 5.74) is 1.01. The molecule has 1 fully saturated rings. The number of rotatable bonds is 5. The second kappa shape index (κ2) is 7.73. The molecule has 21 heavy (non-hydrogen) atoms. The normalized spacial score (nSPS) is 18.3. The average molecular weight is 290 g/mol. The van der Waals surface area contributed by atoms with Crippen LogP contribution in [0.15, 0.2) is 24.5 Å². The first-order valence-corrected chi connectivity index (χ1v) is 7.39. The minimum atomic E-state index is -0.0705. The largest absolute Gasteiger partial charge is 0.347 e. The van der Waals surface area contributed by atoms with Crippen molar-refractivity contribution in [1.82, 2.24) is 20.5 Å². The van der Waals surface area contributed by atoms with Gasteiger partial charge in [0.05, 0.1) is 12.6 Å². The molecule has 0 saturated carbocycles. The van der Waals surface area contributed by atoms with Gasteiger partial charge in [0, 0.05) is 38.4 Å². The maximum absolute atomic E-state index is 12.4. The maximum atomic E-state index is 12.4. The first-order chi connectivity index (χ1) is 10.2. The predicted molar refractivity (Wildman–Crippen MR) is 79.5 cm³/mol. The molecule has 0 aromatic carbocycles. The zero-order valence-electron chi connectivity index (χ0n) is 12.3. The molecule has 0 aliphatic carbocycles. The Hall–Kier alpha value is -1.95. The van der Waals surface area contributed by atoms with Gasteiger partial charge in [-0.25, -0.2) is 0 Å². The van der Waals surface area contributed by atoms with Crippen LogP contribution < -0.4 is 10.6 Å². The molecular formula is C15H22N4O2. The summed E-state index contributed by atoms with van der Waals surface area (Å²) in [6.45, 7) is 4.12. The van der Waals surface area contributed by atoms with E-state index in [0.29, 0.717) is 19.5 Å². The number of piperazine rings is 1. The first-order valence-electron chi connectivity index (χ1n) is 7.39. The Kier molecular flexibility index (Phi) is 5.68. The fourth-order valence-corrected chi connectivity index (χ4v) is 2.46. The van der Waals surface area contributed by atoms with Gasteiger partial charge in [0.1, 0.15) is 0 Å². The summed E-state index contributed by atoms with van der Waals surface area (Å²) >= 11 is 0. The molecule has 1 aromatic heterocycles. The van der Waals surface area contributed by atoms with Crippen LogP contribution in [0.4, 0.5) is 0 Å². The van der Waals surface area contributed by atoms with E-state index in [-0.39, 0.29) is 24.4 Å². The van der Waals surface area contributed by atoms with E-state index < -0.39 is 0 Å². The predicted octanol–water partition coefficient (Wildman–Crippen LogP) is 0.471. The lowest BCUT2D eigenvalue weighted by atomic mass is 10.1. The molecule has 1 atom stereocenters. The Bertz CT molecular complexity index is 478. The van der Waals surface area contributed by atoms with E-state index in [1.54, 1.807) is 12.4 Å². The molecule has 1 aliphatic rings. The molecule has 0 spiro atoms.